The summed E-state index contributed by atoms with van der Waals surface area (Å²) in [5.41, 5.74) is -1.04. The van der Waals surface area contributed by atoms with Crippen molar-refractivity contribution < 1.29 is 9.90 Å². The van der Waals surface area contributed by atoms with Crippen LogP contribution >= 0.6 is 0 Å². The van der Waals surface area contributed by atoms with Crippen molar-refractivity contribution in [1.82, 2.24) is 10.2 Å². The maximum Gasteiger partial charge on any atom is 0.329 e. The molecule has 1 heterocycles. The first-order valence-electron chi connectivity index (χ1n) is 5.79. The molecule has 2 rings (SSSR count). The lowest BCUT2D eigenvalue weighted by Gasteiger charge is -2.25. The third-order valence-corrected chi connectivity index (χ3v) is 3.14. The normalized spacial score (nSPS) is 14.1. The molecule has 0 bridgehead atoms. The topological polar surface area (TPSA) is 75.1 Å². The van der Waals surface area contributed by atoms with E-state index in [-0.39, 0.29) is 0 Å². The quantitative estimate of drug-likeness (QED) is 0.864. The number of benzene rings is 1. The molecule has 0 fully saturated rings. The van der Waals surface area contributed by atoms with Gasteiger partial charge in [-0.05, 0) is 13.3 Å². The predicted octanol–water partition coefficient (Wildman–Crippen LogP) is 2.29. The third kappa shape index (κ3) is 2.11. The zero-order chi connectivity index (χ0) is 13.2. The molecule has 1 aromatic carbocycles. The fourth-order valence-corrected chi connectivity index (χ4v) is 1.67. The van der Waals surface area contributed by atoms with E-state index in [2.05, 4.69) is 15.5 Å². The van der Waals surface area contributed by atoms with Crippen LogP contribution in [0, 0.1) is 0 Å². The fraction of sp³-hybridized carbons (Fsp3) is 0.308. The number of nitrogens with zero attached hydrogens (tertiary/aromatic N) is 2. The first-order chi connectivity index (χ1) is 8.57. The van der Waals surface area contributed by atoms with Gasteiger partial charge in [-0.15, -0.1) is 5.10 Å². The average Bonchev–Trinajstić information content (AvgIpc) is 2.39. The van der Waals surface area contributed by atoms with Crippen LogP contribution in [0.3, 0.4) is 0 Å². The minimum atomic E-state index is -1.04. The van der Waals surface area contributed by atoms with Crippen LogP contribution in [-0.2, 0) is 4.79 Å². The average molecular weight is 245 g/mol. The summed E-state index contributed by atoms with van der Waals surface area (Å²) in [5.74, 6) is -0.403. The smallest absolute Gasteiger partial charge is 0.329 e. The maximum atomic E-state index is 11.3. The molecular weight excluding hydrogens is 230 g/mol. The highest BCUT2D eigenvalue weighted by atomic mass is 16.4. The highest BCUT2D eigenvalue weighted by molar-refractivity contribution is 5.93. The third-order valence-electron chi connectivity index (χ3n) is 3.14. The van der Waals surface area contributed by atoms with Gasteiger partial charge in [0.05, 0.1) is 6.20 Å². The van der Waals surface area contributed by atoms with Gasteiger partial charge in [0.15, 0.2) is 5.82 Å². The van der Waals surface area contributed by atoms with Gasteiger partial charge in [-0.1, -0.05) is 31.2 Å². The molecule has 2 N–H and O–H groups in total. The predicted molar refractivity (Wildman–Crippen MR) is 69.5 cm³/mol. The number of anilines is 1. The fourth-order valence-electron chi connectivity index (χ4n) is 1.67. The highest BCUT2D eigenvalue weighted by Gasteiger charge is 2.31. The molecule has 0 saturated heterocycles. The van der Waals surface area contributed by atoms with Crippen LogP contribution in [0.5, 0.6) is 0 Å². The van der Waals surface area contributed by atoms with E-state index >= 15 is 0 Å². The summed E-state index contributed by atoms with van der Waals surface area (Å²) >= 11 is 0. The lowest BCUT2D eigenvalue weighted by molar-refractivity contribution is -0.141. The SMILES string of the molecule is CCC(C)(Nc1nncc2ccccc12)C(=O)O. The maximum absolute atomic E-state index is 11.3. The first-order valence-corrected chi connectivity index (χ1v) is 5.79. The van der Waals surface area contributed by atoms with Crippen molar-refractivity contribution in [3.8, 4) is 0 Å². The second-order valence-electron chi connectivity index (χ2n) is 4.40. The number of aliphatic carboxylic acids is 1. The molecule has 2 aromatic rings. The van der Waals surface area contributed by atoms with E-state index in [0.717, 1.165) is 10.8 Å². The molecule has 0 aliphatic carbocycles. The molecule has 0 aliphatic rings. The van der Waals surface area contributed by atoms with Crippen molar-refractivity contribution >= 4 is 22.6 Å². The summed E-state index contributed by atoms with van der Waals surface area (Å²) in [6.07, 6.45) is 2.11. The summed E-state index contributed by atoms with van der Waals surface area (Å²) in [7, 11) is 0. The van der Waals surface area contributed by atoms with Crippen molar-refractivity contribution in [2.24, 2.45) is 0 Å². The van der Waals surface area contributed by atoms with Crippen LogP contribution < -0.4 is 5.32 Å². The molecule has 1 unspecified atom stereocenters. The number of carbonyl (C=O) groups is 1. The van der Waals surface area contributed by atoms with Gasteiger partial charge in [0.1, 0.15) is 5.54 Å². The van der Waals surface area contributed by atoms with E-state index in [4.69, 9.17) is 0 Å². The summed E-state index contributed by atoms with van der Waals surface area (Å²) in [6, 6.07) is 7.60. The van der Waals surface area contributed by atoms with Crippen LogP contribution in [-0.4, -0.2) is 26.8 Å². The van der Waals surface area contributed by atoms with Crippen molar-refractivity contribution in [3.63, 3.8) is 0 Å². The van der Waals surface area contributed by atoms with Crippen molar-refractivity contribution in [2.45, 2.75) is 25.8 Å². The molecule has 0 radical (unpaired) electrons. The van der Waals surface area contributed by atoms with E-state index in [9.17, 15) is 9.90 Å². The minimum absolute atomic E-state index is 0.452. The van der Waals surface area contributed by atoms with Crippen LogP contribution in [0.4, 0.5) is 5.82 Å². The molecule has 0 amide bonds. The van der Waals surface area contributed by atoms with Gasteiger partial charge in [-0.25, -0.2) is 4.79 Å². The summed E-state index contributed by atoms with van der Waals surface area (Å²) in [5, 5.41) is 21.9. The number of carboxylic acid groups (broad SMARTS) is 1. The Bertz CT molecular complexity index is 580. The Balaban J connectivity index is 2.46. The number of fused-ring (bicyclic) bond motifs is 1. The highest BCUT2D eigenvalue weighted by Crippen LogP contribution is 2.24. The second-order valence-corrected chi connectivity index (χ2v) is 4.40. The van der Waals surface area contributed by atoms with Gasteiger partial charge in [-0.2, -0.15) is 5.10 Å². The van der Waals surface area contributed by atoms with Gasteiger partial charge < -0.3 is 10.4 Å². The standard InChI is InChI=1S/C13H15N3O2/c1-3-13(2,12(17)18)15-11-10-7-5-4-6-9(10)8-14-16-11/h4-8H,3H2,1-2H3,(H,15,16)(H,17,18). The van der Waals surface area contributed by atoms with E-state index in [1.165, 1.54) is 0 Å². The number of aromatic nitrogens is 2. The van der Waals surface area contributed by atoms with Crippen LogP contribution in [0.25, 0.3) is 10.8 Å². The minimum Gasteiger partial charge on any atom is -0.480 e. The van der Waals surface area contributed by atoms with Crippen molar-refractivity contribution in [3.05, 3.63) is 30.5 Å². The number of hydrogen-bond donors (Lipinski definition) is 2. The molecule has 5 heteroatoms. The summed E-state index contributed by atoms with van der Waals surface area (Å²) in [4.78, 5) is 11.3. The van der Waals surface area contributed by atoms with E-state index in [0.29, 0.717) is 12.2 Å². The van der Waals surface area contributed by atoms with Gasteiger partial charge >= 0.3 is 5.97 Å². The Labute approximate surface area is 105 Å². The van der Waals surface area contributed by atoms with E-state index in [1.54, 1.807) is 13.1 Å². The molecule has 0 spiro atoms. The number of hydrogen-bond acceptors (Lipinski definition) is 4. The molecule has 94 valence electrons. The Kier molecular flexibility index (Phi) is 3.14. The van der Waals surface area contributed by atoms with E-state index in [1.807, 2.05) is 31.2 Å². The Hall–Kier alpha value is -2.17. The number of carboxylic acids is 1. The van der Waals surface area contributed by atoms with Crippen LogP contribution in [0.2, 0.25) is 0 Å². The number of rotatable bonds is 4. The Morgan fingerprint density at radius 1 is 1.44 bits per heavy atom. The zero-order valence-electron chi connectivity index (χ0n) is 10.3. The van der Waals surface area contributed by atoms with Crippen molar-refractivity contribution in [2.75, 3.05) is 5.32 Å². The van der Waals surface area contributed by atoms with Crippen molar-refractivity contribution in [1.29, 1.82) is 0 Å². The molecule has 1 aromatic heterocycles. The Morgan fingerprint density at radius 3 is 2.83 bits per heavy atom. The lowest BCUT2D eigenvalue weighted by atomic mass is 9.99. The monoisotopic (exact) mass is 245 g/mol. The van der Waals surface area contributed by atoms with Gasteiger partial charge in [-0.3, -0.25) is 0 Å². The summed E-state index contributed by atoms with van der Waals surface area (Å²) < 4.78 is 0. The van der Waals surface area contributed by atoms with Crippen LogP contribution in [0.1, 0.15) is 20.3 Å². The number of nitrogens with one attached hydrogen (secondary N) is 1. The summed E-state index contributed by atoms with van der Waals surface area (Å²) in [6.45, 7) is 3.46. The Morgan fingerprint density at radius 2 is 2.17 bits per heavy atom. The van der Waals surface area contributed by atoms with E-state index < -0.39 is 11.5 Å². The molecule has 5 nitrogen and oxygen atoms in total. The molecule has 0 aliphatic heterocycles. The van der Waals surface area contributed by atoms with Gasteiger partial charge in [0, 0.05) is 10.8 Å². The molecule has 0 saturated carbocycles. The van der Waals surface area contributed by atoms with Gasteiger partial charge in [0.2, 0.25) is 0 Å². The van der Waals surface area contributed by atoms with Gasteiger partial charge in [0.25, 0.3) is 0 Å². The molecule has 18 heavy (non-hydrogen) atoms. The zero-order valence-corrected chi connectivity index (χ0v) is 10.3. The largest absolute Gasteiger partial charge is 0.480 e. The molecular formula is C13H15N3O2. The second kappa shape index (κ2) is 4.60. The van der Waals surface area contributed by atoms with Crippen LogP contribution in [0.15, 0.2) is 30.5 Å². The lowest BCUT2D eigenvalue weighted by Crippen LogP contribution is -2.43. The first kappa shape index (κ1) is 12.3. The molecule has 1 atom stereocenters.